The van der Waals surface area contributed by atoms with E-state index in [1.807, 2.05) is 0 Å². The second-order valence-electron chi connectivity index (χ2n) is 5.41. The highest BCUT2D eigenvalue weighted by atomic mass is 28.4. The molecular weight excluding hydrogens is 248 g/mol. The molecule has 4 nitrogen and oxygen atoms in total. The molecule has 104 valence electrons. The second kappa shape index (κ2) is 6.73. The lowest BCUT2D eigenvalue weighted by Crippen LogP contribution is -2.49. The van der Waals surface area contributed by atoms with E-state index in [4.69, 9.17) is 9.53 Å². The van der Waals surface area contributed by atoms with E-state index < -0.39 is 20.3 Å². The lowest BCUT2D eigenvalue weighted by Gasteiger charge is -2.40. The van der Waals surface area contributed by atoms with E-state index in [1.54, 1.807) is 0 Å². The number of aliphatic carboxylic acids is 1. The fraction of sp³-hybridized carbons (Fsp3) is 0.692. The van der Waals surface area contributed by atoms with Gasteiger partial charge in [0, 0.05) is 12.2 Å². The van der Waals surface area contributed by atoms with E-state index in [-0.39, 0.29) is 0 Å². The summed E-state index contributed by atoms with van der Waals surface area (Å²) in [6.07, 6.45) is 1.82. The molecule has 0 saturated carbocycles. The zero-order chi connectivity index (χ0) is 14.5. The molecule has 0 aliphatic heterocycles. The molecule has 0 aliphatic rings. The minimum atomic E-state index is -2.26. The highest BCUT2D eigenvalue weighted by molar-refractivity contribution is 6.79. The highest BCUT2D eigenvalue weighted by Gasteiger charge is 2.47. The first-order valence-electron chi connectivity index (χ1n) is 6.28. The third-order valence-corrected chi connectivity index (χ3v) is 9.32. The molecule has 0 rings (SSSR count). The van der Waals surface area contributed by atoms with Gasteiger partial charge in [-0.3, -0.25) is 0 Å². The van der Waals surface area contributed by atoms with Crippen LogP contribution >= 0.6 is 0 Å². The Labute approximate surface area is 110 Å². The Bertz CT molecular complexity index is 310. The van der Waals surface area contributed by atoms with Crippen LogP contribution < -0.4 is 0 Å². The topological polar surface area (TPSA) is 63.6 Å². The van der Waals surface area contributed by atoms with Crippen LogP contribution in [0.2, 0.25) is 16.6 Å². The molecular formula is C13H24O4Si. The maximum atomic E-state index is 11.7. The summed E-state index contributed by atoms with van der Waals surface area (Å²) >= 11 is 0. The number of hydrogen-bond acceptors (Lipinski definition) is 3. The van der Waals surface area contributed by atoms with Crippen molar-refractivity contribution in [3.8, 4) is 0 Å². The molecule has 0 bridgehead atoms. The van der Waals surface area contributed by atoms with Crippen molar-refractivity contribution in [3.05, 3.63) is 12.2 Å². The number of carboxylic acid groups (broad SMARTS) is 1. The Kier molecular flexibility index (Phi) is 6.32. The van der Waals surface area contributed by atoms with Crippen LogP contribution in [0, 0.1) is 0 Å². The van der Waals surface area contributed by atoms with Gasteiger partial charge < -0.3 is 9.53 Å². The van der Waals surface area contributed by atoms with Gasteiger partial charge in [0.25, 0.3) is 8.32 Å². The van der Waals surface area contributed by atoms with E-state index in [0.717, 1.165) is 12.2 Å². The molecule has 0 aromatic heterocycles. The predicted molar refractivity (Wildman–Crippen MR) is 73.9 cm³/mol. The van der Waals surface area contributed by atoms with E-state index in [9.17, 15) is 9.59 Å². The van der Waals surface area contributed by atoms with E-state index in [0.29, 0.717) is 16.6 Å². The Morgan fingerprint density at radius 1 is 0.944 bits per heavy atom. The van der Waals surface area contributed by atoms with Crippen LogP contribution in [-0.4, -0.2) is 25.4 Å². The van der Waals surface area contributed by atoms with Gasteiger partial charge in [0.1, 0.15) is 0 Å². The molecule has 5 heteroatoms. The number of carbonyl (C=O) groups is 2. The summed E-state index contributed by atoms with van der Waals surface area (Å²) in [5, 5.41) is 8.50. The van der Waals surface area contributed by atoms with Crippen molar-refractivity contribution in [1.29, 1.82) is 0 Å². The average Bonchev–Trinajstić information content (AvgIpc) is 2.21. The highest BCUT2D eigenvalue weighted by Crippen LogP contribution is 2.42. The molecule has 0 aliphatic carbocycles. The van der Waals surface area contributed by atoms with Crippen molar-refractivity contribution in [2.24, 2.45) is 0 Å². The lowest BCUT2D eigenvalue weighted by atomic mass is 10.5. The van der Waals surface area contributed by atoms with Crippen LogP contribution in [0.5, 0.6) is 0 Å². The van der Waals surface area contributed by atoms with Crippen molar-refractivity contribution < 1.29 is 19.1 Å². The van der Waals surface area contributed by atoms with E-state index in [2.05, 4.69) is 41.5 Å². The standard InChI is InChI=1S/C13H24O4Si/c1-9(2)18(10(3)4,11(5)6)17-13(16)8-7-12(14)15/h7-11H,1-6H3,(H,14,15). The average molecular weight is 272 g/mol. The van der Waals surface area contributed by atoms with Gasteiger partial charge in [-0.05, 0) is 16.6 Å². The van der Waals surface area contributed by atoms with Crippen LogP contribution in [0.3, 0.4) is 0 Å². The minimum absolute atomic E-state index is 0.291. The van der Waals surface area contributed by atoms with E-state index >= 15 is 0 Å². The molecule has 0 fully saturated rings. The van der Waals surface area contributed by atoms with Crippen molar-refractivity contribution >= 4 is 20.3 Å². The molecule has 0 saturated heterocycles. The first-order valence-corrected chi connectivity index (χ1v) is 8.42. The van der Waals surface area contributed by atoms with Crippen molar-refractivity contribution in [3.63, 3.8) is 0 Å². The van der Waals surface area contributed by atoms with Crippen LogP contribution in [0.25, 0.3) is 0 Å². The zero-order valence-corrected chi connectivity index (χ0v) is 13.1. The smallest absolute Gasteiger partial charge is 0.328 e. The van der Waals surface area contributed by atoms with Gasteiger partial charge in [-0.25, -0.2) is 9.59 Å². The Morgan fingerprint density at radius 3 is 1.61 bits per heavy atom. The normalized spacial score (nSPS) is 12.7. The third-order valence-electron chi connectivity index (χ3n) is 3.35. The summed E-state index contributed by atoms with van der Waals surface area (Å²) in [5.74, 6) is -1.68. The van der Waals surface area contributed by atoms with Gasteiger partial charge in [0.2, 0.25) is 0 Å². The van der Waals surface area contributed by atoms with Gasteiger partial charge >= 0.3 is 11.9 Å². The molecule has 0 aromatic carbocycles. The Morgan fingerprint density at radius 2 is 1.33 bits per heavy atom. The molecule has 0 spiro atoms. The van der Waals surface area contributed by atoms with Crippen LogP contribution in [0.15, 0.2) is 12.2 Å². The number of rotatable bonds is 6. The van der Waals surface area contributed by atoms with Crippen LogP contribution in [0.1, 0.15) is 41.5 Å². The van der Waals surface area contributed by atoms with Gasteiger partial charge in [-0.1, -0.05) is 41.5 Å². The largest absolute Gasteiger partial charge is 0.515 e. The molecule has 0 radical (unpaired) electrons. The molecule has 0 heterocycles. The summed E-state index contributed by atoms with van der Waals surface area (Å²) in [6, 6.07) is 0. The van der Waals surface area contributed by atoms with Crippen LogP contribution in [0.4, 0.5) is 0 Å². The van der Waals surface area contributed by atoms with E-state index in [1.165, 1.54) is 0 Å². The molecule has 0 unspecified atom stereocenters. The first-order chi connectivity index (χ1) is 8.14. The van der Waals surface area contributed by atoms with Crippen molar-refractivity contribution in [2.75, 3.05) is 0 Å². The fourth-order valence-corrected chi connectivity index (χ4v) is 7.82. The van der Waals surface area contributed by atoms with Gasteiger partial charge in [0.15, 0.2) is 0 Å². The fourth-order valence-electron chi connectivity index (χ4n) is 2.70. The minimum Gasteiger partial charge on any atom is -0.515 e. The lowest BCUT2D eigenvalue weighted by molar-refractivity contribution is -0.133. The third kappa shape index (κ3) is 3.98. The zero-order valence-electron chi connectivity index (χ0n) is 12.1. The first kappa shape index (κ1) is 16.9. The Hall–Kier alpha value is -1.10. The molecule has 0 atom stereocenters. The molecule has 1 N–H and O–H groups in total. The number of carboxylic acids is 1. The van der Waals surface area contributed by atoms with Crippen molar-refractivity contribution in [2.45, 2.75) is 58.2 Å². The predicted octanol–water partition coefficient (Wildman–Crippen LogP) is 3.35. The second-order valence-corrected chi connectivity index (χ2v) is 10.8. The van der Waals surface area contributed by atoms with Crippen LogP contribution in [-0.2, 0) is 14.0 Å². The monoisotopic (exact) mass is 272 g/mol. The maximum Gasteiger partial charge on any atom is 0.328 e. The summed E-state index contributed by atoms with van der Waals surface area (Å²) in [6.45, 7) is 12.4. The number of hydrogen-bond donors (Lipinski definition) is 1. The molecule has 18 heavy (non-hydrogen) atoms. The quantitative estimate of drug-likeness (QED) is 0.595. The summed E-state index contributed by atoms with van der Waals surface area (Å²) in [4.78, 5) is 22.1. The summed E-state index contributed by atoms with van der Waals surface area (Å²) in [5.41, 5.74) is 0.874. The molecule has 0 aromatic rings. The van der Waals surface area contributed by atoms with Gasteiger partial charge in [0.05, 0.1) is 0 Å². The molecule has 0 amide bonds. The summed E-state index contributed by atoms with van der Waals surface area (Å²) < 4.78 is 5.72. The van der Waals surface area contributed by atoms with Gasteiger partial charge in [-0.2, -0.15) is 0 Å². The summed E-state index contributed by atoms with van der Waals surface area (Å²) in [7, 11) is -2.26. The Balaban J connectivity index is 5.13. The van der Waals surface area contributed by atoms with Gasteiger partial charge in [-0.15, -0.1) is 0 Å². The number of carbonyl (C=O) groups excluding carboxylic acids is 1. The van der Waals surface area contributed by atoms with Crippen molar-refractivity contribution in [1.82, 2.24) is 0 Å². The SMILES string of the molecule is CC(C)[Si](OC(=O)C=CC(=O)O)(C(C)C)C(C)C. The maximum absolute atomic E-state index is 11.7.